The lowest BCUT2D eigenvalue weighted by molar-refractivity contribution is 0.116. The lowest BCUT2D eigenvalue weighted by atomic mass is 10.1. The average Bonchev–Trinajstić information content (AvgIpc) is 3.54. The van der Waals surface area contributed by atoms with Crippen LogP contribution in [0.15, 0.2) is 42.7 Å². The number of thiazole rings is 1. The van der Waals surface area contributed by atoms with Crippen LogP contribution in [0.4, 0.5) is 15.7 Å². The number of anilines is 2. The van der Waals surface area contributed by atoms with E-state index in [2.05, 4.69) is 30.4 Å². The molecule has 6 rings (SSSR count). The number of benzene rings is 1. The summed E-state index contributed by atoms with van der Waals surface area (Å²) in [5.41, 5.74) is 2.57. The fourth-order valence-electron chi connectivity index (χ4n) is 4.31. The first kappa shape index (κ1) is 20.4. The minimum Gasteiger partial charge on any atom is -0.447 e. The van der Waals surface area contributed by atoms with Crippen molar-refractivity contribution in [2.45, 2.75) is 12.6 Å². The Bertz CT molecular complexity index is 1340. The number of carbonyl (C=O) groups excluding carboxylic acids is 1. The second kappa shape index (κ2) is 8.29. The maximum Gasteiger partial charge on any atom is 0.410 e. The third-order valence-corrected chi connectivity index (χ3v) is 7.16. The summed E-state index contributed by atoms with van der Waals surface area (Å²) in [6.07, 6.45) is 3.43. The van der Waals surface area contributed by atoms with E-state index in [9.17, 15) is 4.79 Å². The van der Waals surface area contributed by atoms with Gasteiger partial charge in [0.25, 0.3) is 0 Å². The number of H-pyrrole nitrogens is 1. The van der Waals surface area contributed by atoms with Gasteiger partial charge in [0.2, 0.25) is 0 Å². The van der Waals surface area contributed by atoms with Crippen molar-refractivity contribution in [2.75, 3.05) is 31.6 Å². The summed E-state index contributed by atoms with van der Waals surface area (Å²) in [6.45, 7) is 3.62. The normalized spacial score (nSPS) is 18.5. The number of piperazine rings is 1. The third-order valence-electron chi connectivity index (χ3n) is 5.95. The quantitative estimate of drug-likeness (QED) is 0.442. The van der Waals surface area contributed by atoms with E-state index < -0.39 is 0 Å². The molecule has 0 saturated carbocycles. The number of aromatic nitrogens is 4. The lowest BCUT2D eigenvalue weighted by Crippen LogP contribution is -2.51. The number of nitrogens with zero attached hydrogens (tertiary/aromatic N) is 5. The Labute approximate surface area is 198 Å². The standard InChI is InChI=1S/C22H20ClN7O2S/c23-17-2-1-5-24-19(17)13-3-4-18-16(8-13)20(28-27-18)26-21-25-9-15(33-21)11-29-6-7-30-14(10-29)12-32-22(30)31/h1-5,8-9,14H,6-7,10-12H2,(H2,25,26,27,28). The molecule has 0 radical (unpaired) electrons. The summed E-state index contributed by atoms with van der Waals surface area (Å²) in [5, 5.41) is 13.1. The van der Waals surface area contributed by atoms with E-state index in [1.54, 1.807) is 17.5 Å². The Morgan fingerprint density at radius 2 is 2.21 bits per heavy atom. The zero-order valence-electron chi connectivity index (χ0n) is 17.5. The van der Waals surface area contributed by atoms with Gasteiger partial charge >= 0.3 is 6.09 Å². The number of nitrogens with one attached hydrogen (secondary N) is 2. The number of hydrogen-bond acceptors (Lipinski definition) is 8. The van der Waals surface area contributed by atoms with Crippen LogP contribution in [0.25, 0.3) is 22.2 Å². The third kappa shape index (κ3) is 3.90. The van der Waals surface area contributed by atoms with Gasteiger partial charge in [-0.25, -0.2) is 9.78 Å². The van der Waals surface area contributed by atoms with E-state index in [4.69, 9.17) is 16.3 Å². The number of halogens is 1. The van der Waals surface area contributed by atoms with Crippen molar-refractivity contribution in [1.29, 1.82) is 0 Å². The molecule has 1 unspecified atom stereocenters. The zero-order chi connectivity index (χ0) is 22.4. The van der Waals surface area contributed by atoms with Crippen LogP contribution in [0.5, 0.6) is 0 Å². The molecule has 11 heteroatoms. The number of pyridine rings is 1. The van der Waals surface area contributed by atoms with Gasteiger partial charge in [-0.3, -0.25) is 19.9 Å². The first-order valence-electron chi connectivity index (χ1n) is 10.6. The molecule has 1 amide bonds. The van der Waals surface area contributed by atoms with Crippen LogP contribution in [-0.4, -0.2) is 68.3 Å². The first-order chi connectivity index (χ1) is 16.1. The summed E-state index contributed by atoms with van der Waals surface area (Å²) >= 11 is 7.93. The molecule has 0 aliphatic carbocycles. The maximum absolute atomic E-state index is 11.7. The number of carbonyl (C=O) groups is 1. The number of hydrogen-bond donors (Lipinski definition) is 2. The van der Waals surface area contributed by atoms with Crippen molar-refractivity contribution in [3.8, 4) is 11.3 Å². The molecule has 1 atom stereocenters. The predicted molar refractivity (Wildman–Crippen MR) is 127 cm³/mol. The van der Waals surface area contributed by atoms with Crippen molar-refractivity contribution in [1.82, 2.24) is 30.0 Å². The highest BCUT2D eigenvalue weighted by Crippen LogP contribution is 2.32. The predicted octanol–water partition coefficient (Wildman–Crippen LogP) is 4.11. The number of fused-ring (bicyclic) bond motifs is 2. The molecule has 168 valence electrons. The molecule has 3 aromatic heterocycles. The molecule has 0 bridgehead atoms. The highest BCUT2D eigenvalue weighted by Gasteiger charge is 2.37. The molecule has 0 spiro atoms. The molecule has 1 aromatic carbocycles. The fourth-order valence-corrected chi connectivity index (χ4v) is 5.40. The van der Waals surface area contributed by atoms with Gasteiger partial charge in [0.1, 0.15) is 6.61 Å². The second-order valence-corrected chi connectivity index (χ2v) is 9.60. The van der Waals surface area contributed by atoms with Crippen molar-refractivity contribution < 1.29 is 9.53 Å². The van der Waals surface area contributed by atoms with Gasteiger partial charge in [0.05, 0.1) is 22.3 Å². The van der Waals surface area contributed by atoms with E-state index in [1.807, 2.05) is 41.4 Å². The van der Waals surface area contributed by atoms with Gasteiger partial charge in [-0.2, -0.15) is 5.10 Å². The highest BCUT2D eigenvalue weighted by atomic mass is 35.5. The largest absolute Gasteiger partial charge is 0.447 e. The number of cyclic esters (lactones) is 1. The van der Waals surface area contributed by atoms with Crippen LogP contribution >= 0.6 is 22.9 Å². The summed E-state index contributed by atoms with van der Waals surface area (Å²) in [6, 6.07) is 9.76. The molecule has 2 fully saturated rings. The molecule has 9 nitrogen and oxygen atoms in total. The monoisotopic (exact) mass is 481 g/mol. The molecule has 2 N–H and O–H groups in total. The molecule has 5 heterocycles. The number of rotatable bonds is 5. The van der Waals surface area contributed by atoms with Crippen molar-refractivity contribution in [3.05, 3.63) is 52.6 Å². The molecule has 2 aliphatic rings. The van der Waals surface area contributed by atoms with Crippen LogP contribution in [0, 0.1) is 0 Å². The number of ether oxygens (including phenoxy) is 1. The van der Waals surface area contributed by atoms with Crippen LogP contribution in [0.2, 0.25) is 5.02 Å². The van der Waals surface area contributed by atoms with E-state index in [-0.39, 0.29) is 12.1 Å². The minimum atomic E-state index is -0.191. The minimum absolute atomic E-state index is 0.147. The van der Waals surface area contributed by atoms with Gasteiger partial charge in [0.15, 0.2) is 10.9 Å². The van der Waals surface area contributed by atoms with Crippen molar-refractivity contribution in [2.24, 2.45) is 0 Å². The van der Waals surface area contributed by atoms with E-state index in [1.165, 1.54) is 0 Å². The molecular weight excluding hydrogens is 462 g/mol. The Morgan fingerprint density at radius 1 is 1.27 bits per heavy atom. The molecule has 33 heavy (non-hydrogen) atoms. The summed E-state index contributed by atoms with van der Waals surface area (Å²) in [7, 11) is 0. The van der Waals surface area contributed by atoms with Crippen molar-refractivity contribution >= 4 is 50.9 Å². The second-order valence-electron chi connectivity index (χ2n) is 8.08. The maximum atomic E-state index is 11.7. The highest BCUT2D eigenvalue weighted by molar-refractivity contribution is 7.15. The molecule has 2 aliphatic heterocycles. The summed E-state index contributed by atoms with van der Waals surface area (Å²) < 4.78 is 5.16. The Hall–Kier alpha value is -3.21. The van der Waals surface area contributed by atoms with Gasteiger partial charge in [-0.1, -0.05) is 17.7 Å². The van der Waals surface area contributed by atoms with Crippen molar-refractivity contribution in [3.63, 3.8) is 0 Å². The zero-order valence-corrected chi connectivity index (χ0v) is 19.1. The van der Waals surface area contributed by atoms with Crippen LogP contribution in [0.1, 0.15) is 4.88 Å². The van der Waals surface area contributed by atoms with E-state index in [0.29, 0.717) is 24.0 Å². The number of amides is 1. The Kier molecular flexibility index (Phi) is 5.12. The Balaban J connectivity index is 1.18. The smallest absolute Gasteiger partial charge is 0.410 e. The SMILES string of the molecule is O=C1OCC2CN(Cc3cnc(Nc4n[nH]c5ccc(-c6ncccc6Cl)cc45)s3)CCN12. The average molecular weight is 482 g/mol. The lowest BCUT2D eigenvalue weighted by Gasteiger charge is -2.34. The van der Waals surface area contributed by atoms with E-state index in [0.717, 1.165) is 51.8 Å². The Morgan fingerprint density at radius 3 is 3.12 bits per heavy atom. The van der Waals surface area contributed by atoms with Crippen LogP contribution in [0.3, 0.4) is 0 Å². The molecule has 2 saturated heterocycles. The van der Waals surface area contributed by atoms with Gasteiger partial charge in [0, 0.05) is 54.4 Å². The van der Waals surface area contributed by atoms with E-state index >= 15 is 0 Å². The molecule has 4 aromatic rings. The first-order valence-corrected chi connectivity index (χ1v) is 11.8. The van der Waals surface area contributed by atoms with Crippen LogP contribution in [-0.2, 0) is 11.3 Å². The van der Waals surface area contributed by atoms with Gasteiger partial charge in [-0.15, -0.1) is 11.3 Å². The topological polar surface area (TPSA) is 99.3 Å². The summed E-state index contributed by atoms with van der Waals surface area (Å²) in [4.78, 5) is 26.0. The molecular formula is C22H20ClN7O2S. The van der Waals surface area contributed by atoms with Crippen LogP contribution < -0.4 is 5.32 Å². The summed E-state index contributed by atoms with van der Waals surface area (Å²) in [5.74, 6) is 0.704. The number of aromatic amines is 1. The van der Waals surface area contributed by atoms with Gasteiger partial charge < -0.3 is 10.1 Å². The van der Waals surface area contributed by atoms with Gasteiger partial charge in [-0.05, 0) is 24.3 Å². The fraction of sp³-hybridized carbons (Fsp3) is 0.273.